The molecule has 0 aliphatic rings. The van der Waals surface area contributed by atoms with Crippen LogP contribution in [0.25, 0.3) is 0 Å². The highest BCUT2D eigenvalue weighted by Crippen LogP contribution is 2.08. The maximum Gasteiger partial charge on any atom is 0.148 e. The zero-order valence-corrected chi connectivity index (χ0v) is 10.3. The van der Waals surface area contributed by atoms with Crippen LogP contribution in [0, 0.1) is 6.92 Å². The molecule has 0 radical (unpaired) electrons. The van der Waals surface area contributed by atoms with Crippen molar-refractivity contribution in [2.24, 2.45) is 0 Å². The van der Waals surface area contributed by atoms with Gasteiger partial charge in [0.15, 0.2) is 0 Å². The maximum atomic E-state index is 4.07. The lowest BCUT2D eigenvalue weighted by molar-refractivity contribution is 0.962. The second kappa shape index (κ2) is 5.43. The van der Waals surface area contributed by atoms with Gasteiger partial charge in [0.1, 0.15) is 5.82 Å². The van der Waals surface area contributed by atoms with E-state index in [1.807, 2.05) is 19.1 Å². The lowest BCUT2D eigenvalue weighted by Crippen LogP contribution is -2.02. The second-order valence-electron chi connectivity index (χ2n) is 4.08. The van der Waals surface area contributed by atoms with Gasteiger partial charge in [-0.3, -0.25) is 0 Å². The average molecular weight is 227 g/mol. The third-order valence-electron chi connectivity index (χ3n) is 2.70. The van der Waals surface area contributed by atoms with Gasteiger partial charge in [-0.25, -0.2) is 0 Å². The van der Waals surface area contributed by atoms with Gasteiger partial charge in [0.05, 0.1) is 5.69 Å². The fourth-order valence-electron chi connectivity index (χ4n) is 1.58. The highest BCUT2D eigenvalue weighted by atomic mass is 15.2. The van der Waals surface area contributed by atoms with Gasteiger partial charge in [-0.15, -0.1) is 5.10 Å². The lowest BCUT2D eigenvalue weighted by atomic mass is 10.1. The molecule has 0 fully saturated rings. The van der Waals surface area contributed by atoms with E-state index in [0.29, 0.717) is 0 Å². The molecule has 0 amide bonds. The molecule has 1 aromatic heterocycles. The Morgan fingerprint density at radius 3 is 2.24 bits per heavy atom. The molecule has 1 N–H and O–H groups in total. The molecule has 1 aromatic carbocycles. The third kappa shape index (κ3) is 3.28. The number of hydrogen-bond donors (Lipinski definition) is 1. The number of nitrogens with zero attached hydrogens (tertiary/aromatic N) is 2. The summed E-state index contributed by atoms with van der Waals surface area (Å²) in [5, 5.41) is 11.3. The number of anilines is 1. The maximum absolute atomic E-state index is 4.07. The summed E-state index contributed by atoms with van der Waals surface area (Å²) < 4.78 is 0. The minimum Gasteiger partial charge on any atom is -0.365 e. The van der Waals surface area contributed by atoms with Gasteiger partial charge in [0.25, 0.3) is 0 Å². The van der Waals surface area contributed by atoms with Gasteiger partial charge in [-0.2, -0.15) is 5.10 Å². The van der Waals surface area contributed by atoms with E-state index >= 15 is 0 Å². The van der Waals surface area contributed by atoms with Crippen LogP contribution >= 0.6 is 0 Å². The predicted octanol–water partition coefficient (Wildman–Crippen LogP) is 2.96. The van der Waals surface area contributed by atoms with E-state index in [-0.39, 0.29) is 0 Å². The van der Waals surface area contributed by atoms with Gasteiger partial charge in [0, 0.05) is 6.54 Å². The van der Waals surface area contributed by atoms with E-state index in [4.69, 9.17) is 0 Å². The van der Waals surface area contributed by atoms with Crippen molar-refractivity contribution < 1.29 is 0 Å². The Labute approximate surface area is 102 Å². The highest BCUT2D eigenvalue weighted by Gasteiger charge is 1.96. The van der Waals surface area contributed by atoms with Crippen molar-refractivity contribution in [3.8, 4) is 0 Å². The SMILES string of the molecule is CCc1ccc(CNc2ccc(C)nn2)cc1. The molecule has 0 spiro atoms. The zero-order chi connectivity index (χ0) is 12.1. The van der Waals surface area contributed by atoms with Crippen molar-refractivity contribution in [3.63, 3.8) is 0 Å². The number of hydrogen-bond acceptors (Lipinski definition) is 3. The molecule has 3 nitrogen and oxygen atoms in total. The molecule has 2 aromatic rings. The molecule has 0 saturated heterocycles. The van der Waals surface area contributed by atoms with Crippen molar-refractivity contribution >= 4 is 5.82 Å². The van der Waals surface area contributed by atoms with Crippen LogP contribution < -0.4 is 5.32 Å². The Morgan fingerprint density at radius 2 is 1.65 bits per heavy atom. The third-order valence-corrected chi connectivity index (χ3v) is 2.70. The van der Waals surface area contributed by atoms with Crippen LogP contribution in [0.4, 0.5) is 5.82 Å². The summed E-state index contributed by atoms with van der Waals surface area (Å²) in [4.78, 5) is 0. The number of aryl methyl sites for hydroxylation is 2. The first kappa shape index (κ1) is 11.6. The molecule has 17 heavy (non-hydrogen) atoms. The number of benzene rings is 1. The first-order valence-corrected chi connectivity index (χ1v) is 5.90. The second-order valence-corrected chi connectivity index (χ2v) is 4.08. The quantitative estimate of drug-likeness (QED) is 0.872. The fraction of sp³-hybridized carbons (Fsp3) is 0.286. The summed E-state index contributed by atoms with van der Waals surface area (Å²) in [5.74, 6) is 0.815. The minimum atomic E-state index is 0.779. The van der Waals surface area contributed by atoms with Crippen LogP contribution in [0.1, 0.15) is 23.7 Å². The largest absolute Gasteiger partial charge is 0.365 e. The first-order chi connectivity index (χ1) is 8.28. The van der Waals surface area contributed by atoms with E-state index in [9.17, 15) is 0 Å². The number of nitrogens with one attached hydrogen (secondary N) is 1. The van der Waals surface area contributed by atoms with E-state index in [0.717, 1.165) is 24.5 Å². The molecule has 3 heteroatoms. The summed E-state index contributed by atoms with van der Waals surface area (Å²) in [6.07, 6.45) is 1.08. The average Bonchev–Trinajstić information content (AvgIpc) is 2.39. The van der Waals surface area contributed by atoms with Crippen molar-refractivity contribution in [3.05, 3.63) is 53.2 Å². The van der Waals surface area contributed by atoms with Crippen molar-refractivity contribution in [2.75, 3.05) is 5.32 Å². The van der Waals surface area contributed by atoms with E-state index in [1.54, 1.807) is 0 Å². The van der Waals surface area contributed by atoms with Gasteiger partial charge < -0.3 is 5.32 Å². The summed E-state index contributed by atoms with van der Waals surface area (Å²) in [6.45, 7) is 4.87. The van der Waals surface area contributed by atoms with Crippen LogP contribution in [0.2, 0.25) is 0 Å². The predicted molar refractivity (Wildman–Crippen MR) is 69.9 cm³/mol. The molecule has 2 rings (SSSR count). The molecule has 0 unspecified atom stereocenters. The summed E-state index contributed by atoms with van der Waals surface area (Å²) in [7, 11) is 0. The molecule has 0 aliphatic heterocycles. The van der Waals surface area contributed by atoms with Crippen LogP contribution in [0.3, 0.4) is 0 Å². The van der Waals surface area contributed by atoms with Gasteiger partial charge >= 0.3 is 0 Å². The number of rotatable bonds is 4. The lowest BCUT2D eigenvalue weighted by Gasteiger charge is -2.05. The van der Waals surface area contributed by atoms with Crippen LogP contribution in [-0.4, -0.2) is 10.2 Å². The smallest absolute Gasteiger partial charge is 0.148 e. The summed E-state index contributed by atoms with van der Waals surface area (Å²) >= 11 is 0. The van der Waals surface area contributed by atoms with Gasteiger partial charge in [-0.05, 0) is 36.6 Å². The van der Waals surface area contributed by atoms with Gasteiger partial charge in [-0.1, -0.05) is 31.2 Å². The molecular formula is C14H17N3. The molecule has 88 valence electrons. The highest BCUT2D eigenvalue weighted by molar-refractivity contribution is 5.34. The van der Waals surface area contributed by atoms with Gasteiger partial charge in [0.2, 0.25) is 0 Å². The summed E-state index contributed by atoms with van der Waals surface area (Å²) in [6, 6.07) is 12.5. The Bertz CT molecular complexity index is 460. The fourth-order valence-corrected chi connectivity index (χ4v) is 1.58. The molecule has 0 saturated carbocycles. The Morgan fingerprint density at radius 1 is 0.941 bits per heavy atom. The van der Waals surface area contributed by atoms with Crippen LogP contribution in [-0.2, 0) is 13.0 Å². The Balaban J connectivity index is 1.95. The van der Waals surface area contributed by atoms with E-state index in [2.05, 4.69) is 46.7 Å². The zero-order valence-electron chi connectivity index (χ0n) is 10.3. The van der Waals surface area contributed by atoms with E-state index in [1.165, 1.54) is 11.1 Å². The summed E-state index contributed by atoms with van der Waals surface area (Å²) in [5.41, 5.74) is 3.55. The topological polar surface area (TPSA) is 37.8 Å². The van der Waals surface area contributed by atoms with Crippen molar-refractivity contribution in [1.82, 2.24) is 10.2 Å². The standard InChI is InChI=1S/C14H17N3/c1-3-12-5-7-13(8-6-12)10-15-14-9-4-11(2)16-17-14/h4-9H,3,10H2,1-2H3,(H,15,17). The van der Waals surface area contributed by atoms with Crippen molar-refractivity contribution in [1.29, 1.82) is 0 Å². The van der Waals surface area contributed by atoms with Crippen LogP contribution in [0.15, 0.2) is 36.4 Å². The molecule has 0 bridgehead atoms. The minimum absolute atomic E-state index is 0.779. The first-order valence-electron chi connectivity index (χ1n) is 5.90. The van der Waals surface area contributed by atoms with Crippen molar-refractivity contribution in [2.45, 2.75) is 26.8 Å². The monoisotopic (exact) mass is 227 g/mol. The normalized spacial score (nSPS) is 10.2. The number of aromatic nitrogens is 2. The Kier molecular flexibility index (Phi) is 3.70. The molecule has 0 aliphatic carbocycles. The molecule has 1 heterocycles. The van der Waals surface area contributed by atoms with E-state index < -0.39 is 0 Å². The molecular weight excluding hydrogens is 210 g/mol. The Hall–Kier alpha value is -1.90. The van der Waals surface area contributed by atoms with Crippen LogP contribution in [0.5, 0.6) is 0 Å². The molecule has 0 atom stereocenters.